The van der Waals surface area contributed by atoms with E-state index in [4.69, 9.17) is 0 Å². The Morgan fingerprint density at radius 2 is 1.62 bits per heavy atom. The number of rotatable bonds is 8. The fraction of sp³-hybridized carbons (Fsp3) is 0.238. The molecule has 154 valence electrons. The molecule has 0 aliphatic rings. The number of carbonyl (C=O) groups excluding carboxylic acids is 2. The van der Waals surface area contributed by atoms with E-state index in [1.54, 1.807) is 54.6 Å². The summed E-state index contributed by atoms with van der Waals surface area (Å²) in [6, 6.07) is 13.3. The lowest BCUT2D eigenvalue weighted by Crippen LogP contribution is -2.20. The zero-order valence-electron chi connectivity index (χ0n) is 15.7. The predicted molar refractivity (Wildman–Crippen MR) is 101 cm³/mol. The molecule has 0 bridgehead atoms. The van der Waals surface area contributed by atoms with Gasteiger partial charge in [0.15, 0.2) is 0 Å². The van der Waals surface area contributed by atoms with E-state index in [0.717, 1.165) is 11.1 Å². The van der Waals surface area contributed by atoms with Crippen LogP contribution in [0.5, 0.6) is 0 Å². The number of hydrogen-bond donors (Lipinski definition) is 1. The average Bonchev–Trinajstić information content (AvgIpc) is 2.70. The van der Waals surface area contributed by atoms with Gasteiger partial charge in [-0.3, -0.25) is 4.79 Å². The molecule has 8 heteroatoms. The number of hydrogen-bond acceptors (Lipinski definition) is 4. The van der Waals surface area contributed by atoms with Gasteiger partial charge in [0, 0.05) is 12.6 Å². The molecular formula is C21H20F3NO4. The lowest BCUT2D eigenvalue weighted by Gasteiger charge is -2.08. The predicted octanol–water partition coefficient (Wildman–Crippen LogP) is 3.88. The first-order valence-corrected chi connectivity index (χ1v) is 8.63. The van der Waals surface area contributed by atoms with Crippen molar-refractivity contribution in [2.45, 2.75) is 19.3 Å². The number of amides is 1. The number of methoxy groups -OCH3 is 1. The molecule has 2 rings (SSSR count). The molecule has 0 saturated carbocycles. The summed E-state index contributed by atoms with van der Waals surface area (Å²) in [6.45, 7) is -1.15. The Labute approximate surface area is 166 Å². The van der Waals surface area contributed by atoms with Gasteiger partial charge in [0.1, 0.15) is 6.61 Å². The Hall–Kier alpha value is -3.13. The van der Waals surface area contributed by atoms with Crippen molar-refractivity contribution in [1.82, 2.24) is 5.32 Å². The molecule has 0 radical (unpaired) electrons. The summed E-state index contributed by atoms with van der Waals surface area (Å²) >= 11 is 0. The minimum atomic E-state index is -4.35. The summed E-state index contributed by atoms with van der Waals surface area (Å²) in [6.07, 6.45) is -1.37. The van der Waals surface area contributed by atoms with E-state index in [9.17, 15) is 22.8 Å². The van der Waals surface area contributed by atoms with Crippen LogP contribution in [0, 0.1) is 0 Å². The third-order valence-electron chi connectivity index (χ3n) is 3.78. The summed E-state index contributed by atoms with van der Waals surface area (Å²) in [4.78, 5) is 23.3. The van der Waals surface area contributed by atoms with E-state index in [1.807, 2.05) is 0 Å². The first kappa shape index (κ1) is 22.2. The SMILES string of the molecule is COC(=O)c1ccc(/C=C/C(=O)NCc2ccc(COCC(F)(F)F)cc2)cc1. The van der Waals surface area contributed by atoms with Gasteiger partial charge in [0.2, 0.25) is 5.91 Å². The average molecular weight is 407 g/mol. The summed E-state index contributed by atoms with van der Waals surface area (Å²) < 4.78 is 45.3. The number of halogens is 3. The lowest BCUT2D eigenvalue weighted by atomic mass is 10.1. The van der Waals surface area contributed by atoms with Crippen LogP contribution in [0.2, 0.25) is 0 Å². The molecule has 1 amide bonds. The van der Waals surface area contributed by atoms with Gasteiger partial charge in [0.05, 0.1) is 19.3 Å². The van der Waals surface area contributed by atoms with Crippen LogP contribution >= 0.6 is 0 Å². The van der Waals surface area contributed by atoms with Crippen molar-refractivity contribution in [3.05, 3.63) is 76.9 Å². The zero-order valence-corrected chi connectivity index (χ0v) is 15.7. The van der Waals surface area contributed by atoms with Gasteiger partial charge in [-0.25, -0.2) is 4.79 Å². The third-order valence-corrected chi connectivity index (χ3v) is 3.78. The molecule has 0 spiro atoms. The Bertz CT molecular complexity index is 844. The maximum Gasteiger partial charge on any atom is 0.411 e. The van der Waals surface area contributed by atoms with Crippen LogP contribution in [0.1, 0.15) is 27.0 Å². The van der Waals surface area contributed by atoms with Crippen LogP contribution in [0.15, 0.2) is 54.6 Å². The maximum atomic E-state index is 12.0. The van der Waals surface area contributed by atoms with Gasteiger partial charge in [-0.2, -0.15) is 13.2 Å². The molecule has 0 saturated heterocycles. The van der Waals surface area contributed by atoms with Crippen molar-refractivity contribution >= 4 is 18.0 Å². The van der Waals surface area contributed by atoms with Crippen LogP contribution in [-0.4, -0.2) is 31.8 Å². The second-order valence-electron chi connectivity index (χ2n) is 6.09. The normalized spacial score (nSPS) is 11.4. The van der Waals surface area contributed by atoms with Crippen LogP contribution in [-0.2, 0) is 27.4 Å². The molecule has 0 unspecified atom stereocenters. The van der Waals surface area contributed by atoms with Crippen molar-refractivity contribution < 1.29 is 32.2 Å². The molecule has 0 fully saturated rings. The highest BCUT2D eigenvalue weighted by molar-refractivity contribution is 5.92. The number of esters is 1. The van der Waals surface area contributed by atoms with Crippen molar-refractivity contribution in [2.75, 3.05) is 13.7 Å². The minimum Gasteiger partial charge on any atom is -0.465 e. The topological polar surface area (TPSA) is 64.6 Å². The van der Waals surface area contributed by atoms with Crippen molar-refractivity contribution in [3.8, 4) is 0 Å². The summed E-state index contributed by atoms with van der Waals surface area (Å²) in [5, 5.41) is 2.71. The van der Waals surface area contributed by atoms with Gasteiger partial charge in [0.25, 0.3) is 0 Å². The van der Waals surface area contributed by atoms with Crippen LogP contribution < -0.4 is 5.32 Å². The Morgan fingerprint density at radius 1 is 1.00 bits per heavy atom. The monoisotopic (exact) mass is 407 g/mol. The summed E-state index contributed by atoms with van der Waals surface area (Å²) in [5.74, 6) is -0.740. The number of ether oxygens (including phenoxy) is 2. The first-order chi connectivity index (χ1) is 13.8. The largest absolute Gasteiger partial charge is 0.465 e. The van der Waals surface area contributed by atoms with Gasteiger partial charge in [-0.05, 0) is 34.9 Å². The molecule has 2 aromatic carbocycles. The zero-order chi connectivity index (χ0) is 21.3. The Balaban J connectivity index is 1.78. The van der Waals surface area contributed by atoms with Crippen LogP contribution in [0.3, 0.4) is 0 Å². The Morgan fingerprint density at radius 3 is 2.21 bits per heavy atom. The third kappa shape index (κ3) is 8.18. The van der Waals surface area contributed by atoms with Gasteiger partial charge in [-0.1, -0.05) is 36.4 Å². The van der Waals surface area contributed by atoms with E-state index in [-0.39, 0.29) is 19.1 Å². The minimum absolute atomic E-state index is 0.135. The molecular weight excluding hydrogens is 387 g/mol. The highest BCUT2D eigenvalue weighted by atomic mass is 19.4. The van der Waals surface area contributed by atoms with Crippen molar-refractivity contribution in [1.29, 1.82) is 0 Å². The van der Waals surface area contributed by atoms with Gasteiger partial charge < -0.3 is 14.8 Å². The number of alkyl halides is 3. The second kappa shape index (κ2) is 10.4. The summed E-state index contributed by atoms with van der Waals surface area (Å²) in [5.41, 5.74) is 2.57. The molecule has 5 nitrogen and oxygen atoms in total. The number of benzene rings is 2. The smallest absolute Gasteiger partial charge is 0.411 e. The quantitative estimate of drug-likeness (QED) is 0.533. The fourth-order valence-electron chi connectivity index (χ4n) is 2.31. The molecule has 0 heterocycles. The van der Waals surface area contributed by atoms with Crippen molar-refractivity contribution in [3.63, 3.8) is 0 Å². The van der Waals surface area contributed by atoms with E-state index >= 15 is 0 Å². The standard InChI is InChI=1S/C21H20F3NO4/c1-28-20(27)18-9-6-15(7-10-18)8-11-19(26)25-12-16-2-4-17(5-3-16)13-29-14-21(22,23)24/h2-11H,12-14H2,1H3,(H,25,26)/b11-8+. The molecule has 0 aliphatic carbocycles. The lowest BCUT2D eigenvalue weighted by molar-refractivity contribution is -0.176. The van der Waals surface area contributed by atoms with Crippen LogP contribution in [0.4, 0.5) is 13.2 Å². The second-order valence-corrected chi connectivity index (χ2v) is 6.09. The van der Waals surface area contributed by atoms with Gasteiger partial charge >= 0.3 is 12.1 Å². The Kier molecular flexibility index (Phi) is 7.97. The molecule has 0 aromatic heterocycles. The maximum absolute atomic E-state index is 12.0. The van der Waals surface area contributed by atoms with Gasteiger partial charge in [-0.15, -0.1) is 0 Å². The fourth-order valence-corrected chi connectivity index (χ4v) is 2.31. The first-order valence-electron chi connectivity index (χ1n) is 8.63. The molecule has 1 N–H and O–H groups in total. The highest BCUT2D eigenvalue weighted by Gasteiger charge is 2.27. The highest BCUT2D eigenvalue weighted by Crippen LogP contribution is 2.16. The molecule has 2 aromatic rings. The summed E-state index contributed by atoms with van der Waals surface area (Å²) in [7, 11) is 1.30. The van der Waals surface area contributed by atoms with Crippen molar-refractivity contribution in [2.24, 2.45) is 0 Å². The van der Waals surface area contributed by atoms with E-state index in [2.05, 4.69) is 14.8 Å². The number of nitrogens with one attached hydrogen (secondary N) is 1. The number of carbonyl (C=O) groups is 2. The molecule has 29 heavy (non-hydrogen) atoms. The van der Waals surface area contributed by atoms with E-state index in [0.29, 0.717) is 11.1 Å². The van der Waals surface area contributed by atoms with Crippen LogP contribution in [0.25, 0.3) is 6.08 Å². The molecule has 0 aliphatic heterocycles. The molecule has 0 atom stereocenters. The van der Waals surface area contributed by atoms with E-state index < -0.39 is 18.8 Å². The van der Waals surface area contributed by atoms with E-state index in [1.165, 1.54) is 13.2 Å².